The number of halogens is 1. The summed E-state index contributed by atoms with van der Waals surface area (Å²) in [6.07, 6.45) is 1.99. The SMILES string of the molecule is C[C@H]1CN(C2CCN(C(=O)c3c(N)cccc3Cl)CC2)CCN1[C@@H](C)c1ccccc1. The van der Waals surface area contributed by atoms with E-state index >= 15 is 0 Å². The van der Waals surface area contributed by atoms with Crippen molar-refractivity contribution in [2.75, 3.05) is 38.5 Å². The third kappa shape index (κ3) is 4.74. The molecule has 4 rings (SSSR count). The molecule has 2 fully saturated rings. The number of benzene rings is 2. The van der Waals surface area contributed by atoms with E-state index in [0.717, 1.165) is 45.6 Å². The number of likely N-dealkylation sites (tertiary alicyclic amines) is 1. The van der Waals surface area contributed by atoms with E-state index in [1.807, 2.05) is 4.90 Å². The van der Waals surface area contributed by atoms with Gasteiger partial charge in [-0.1, -0.05) is 48.0 Å². The molecule has 2 aromatic rings. The Morgan fingerprint density at radius 2 is 1.74 bits per heavy atom. The number of piperazine rings is 1. The van der Waals surface area contributed by atoms with Crippen molar-refractivity contribution in [1.29, 1.82) is 0 Å². The lowest BCUT2D eigenvalue weighted by Gasteiger charge is -2.47. The van der Waals surface area contributed by atoms with Gasteiger partial charge in [-0.05, 0) is 44.4 Å². The van der Waals surface area contributed by atoms with Crippen LogP contribution in [-0.2, 0) is 0 Å². The zero-order valence-corrected chi connectivity index (χ0v) is 19.3. The van der Waals surface area contributed by atoms with Gasteiger partial charge in [0.1, 0.15) is 0 Å². The third-order valence-corrected chi connectivity index (χ3v) is 7.33. The predicted molar refractivity (Wildman–Crippen MR) is 127 cm³/mol. The highest BCUT2D eigenvalue weighted by atomic mass is 35.5. The summed E-state index contributed by atoms with van der Waals surface area (Å²) in [5, 5.41) is 0.435. The topological polar surface area (TPSA) is 52.8 Å². The van der Waals surface area contributed by atoms with Gasteiger partial charge in [-0.25, -0.2) is 0 Å². The van der Waals surface area contributed by atoms with E-state index in [0.29, 0.717) is 34.4 Å². The van der Waals surface area contributed by atoms with E-state index in [2.05, 4.69) is 54.0 Å². The summed E-state index contributed by atoms with van der Waals surface area (Å²) >= 11 is 6.25. The summed E-state index contributed by atoms with van der Waals surface area (Å²) in [5.74, 6) is -0.0450. The molecule has 0 aromatic heterocycles. The highest BCUT2D eigenvalue weighted by Crippen LogP contribution is 2.29. The van der Waals surface area contributed by atoms with Gasteiger partial charge >= 0.3 is 0 Å². The van der Waals surface area contributed by atoms with Crippen LogP contribution in [0.4, 0.5) is 5.69 Å². The number of nitrogens with zero attached hydrogens (tertiary/aromatic N) is 3. The lowest BCUT2D eigenvalue weighted by Crippen LogP contribution is -2.57. The number of nitrogen functional groups attached to an aromatic ring is 1. The molecule has 2 aromatic carbocycles. The number of rotatable bonds is 4. The van der Waals surface area contributed by atoms with Crippen molar-refractivity contribution in [2.45, 2.75) is 44.8 Å². The molecule has 0 bridgehead atoms. The van der Waals surface area contributed by atoms with E-state index in [1.54, 1.807) is 18.2 Å². The van der Waals surface area contributed by atoms with Gasteiger partial charge in [0.05, 0.1) is 10.6 Å². The van der Waals surface area contributed by atoms with E-state index in [1.165, 1.54) is 5.56 Å². The van der Waals surface area contributed by atoms with Crippen LogP contribution < -0.4 is 5.73 Å². The Balaban J connectivity index is 1.32. The molecule has 2 N–H and O–H groups in total. The van der Waals surface area contributed by atoms with Crippen molar-refractivity contribution in [1.82, 2.24) is 14.7 Å². The van der Waals surface area contributed by atoms with Gasteiger partial charge < -0.3 is 10.6 Å². The summed E-state index contributed by atoms with van der Waals surface area (Å²) in [6.45, 7) is 9.39. The molecule has 2 heterocycles. The molecule has 5 nitrogen and oxygen atoms in total. The number of hydrogen-bond donors (Lipinski definition) is 1. The van der Waals surface area contributed by atoms with Crippen molar-refractivity contribution in [3.05, 3.63) is 64.7 Å². The number of carbonyl (C=O) groups is 1. The third-order valence-electron chi connectivity index (χ3n) is 7.02. The average Bonchev–Trinajstić information content (AvgIpc) is 2.79. The second-order valence-corrected chi connectivity index (χ2v) is 9.30. The highest BCUT2D eigenvalue weighted by molar-refractivity contribution is 6.34. The van der Waals surface area contributed by atoms with E-state index in [-0.39, 0.29) is 5.91 Å². The molecular formula is C25H33ClN4O. The number of anilines is 1. The maximum Gasteiger partial charge on any atom is 0.257 e. The quantitative estimate of drug-likeness (QED) is 0.720. The van der Waals surface area contributed by atoms with Crippen molar-refractivity contribution in [3.63, 3.8) is 0 Å². The van der Waals surface area contributed by atoms with Crippen molar-refractivity contribution in [3.8, 4) is 0 Å². The van der Waals surface area contributed by atoms with Crippen LogP contribution >= 0.6 is 11.6 Å². The van der Waals surface area contributed by atoms with E-state index in [4.69, 9.17) is 17.3 Å². The molecule has 6 heteroatoms. The Kier molecular flexibility index (Phi) is 6.85. The van der Waals surface area contributed by atoms with Gasteiger partial charge in [-0.2, -0.15) is 0 Å². The molecule has 31 heavy (non-hydrogen) atoms. The van der Waals surface area contributed by atoms with Crippen LogP contribution in [0.1, 0.15) is 48.7 Å². The zero-order valence-electron chi connectivity index (χ0n) is 18.5. The summed E-state index contributed by atoms with van der Waals surface area (Å²) in [5.41, 5.74) is 8.31. The lowest BCUT2D eigenvalue weighted by molar-refractivity contribution is 0.0135. The van der Waals surface area contributed by atoms with Crippen LogP contribution in [0.2, 0.25) is 5.02 Å². The number of nitrogens with two attached hydrogens (primary N) is 1. The molecule has 0 unspecified atom stereocenters. The Morgan fingerprint density at radius 3 is 2.39 bits per heavy atom. The molecule has 2 aliphatic rings. The van der Waals surface area contributed by atoms with Crippen LogP contribution in [0.3, 0.4) is 0 Å². The molecule has 166 valence electrons. The van der Waals surface area contributed by atoms with Crippen LogP contribution in [0.15, 0.2) is 48.5 Å². The Bertz CT molecular complexity index is 877. The van der Waals surface area contributed by atoms with E-state index < -0.39 is 0 Å². The molecule has 0 radical (unpaired) electrons. The summed E-state index contributed by atoms with van der Waals surface area (Å²) in [7, 11) is 0. The smallest absolute Gasteiger partial charge is 0.257 e. The molecule has 2 atom stereocenters. The first kappa shape index (κ1) is 22.1. The molecule has 0 saturated carbocycles. The Morgan fingerprint density at radius 1 is 1.03 bits per heavy atom. The molecule has 1 amide bonds. The summed E-state index contributed by atoms with van der Waals surface area (Å²) in [6, 6.07) is 17.5. The zero-order chi connectivity index (χ0) is 22.0. The predicted octanol–water partition coefficient (Wildman–Crippen LogP) is 4.29. The minimum absolute atomic E-state index is 0.0450. The second-order valence-electron chi connectivity index (χ2n) is 8.90. The summed E-state index contributed by atoms with van der Waals surface area (Å²) < 4.78 is 0. The molecule has 2 saturated heterocycles. The van der Waals surface area contributed by atoms with Crippen molar-refractivity contribution >= 4 is 23.2 Å². The Hall–Kier alpha value is -2.08. The maximum absolute atomic E-state index is 13.0. The fraction of sp³-hybridized carbons (Fsp3) is 0.480. The monoisotopic (exact) mass is 440 g/mol. The number of piperidine rings is 1. The van der Waals surface area contributed by atoms with Gasteiger partial charge in [-0.3, -0.25) is 14.6 Å². The fourth-order valence-electron chi connectivity index (χ4n) is 5.19. The van der Waals surface area contributed by atoms with Crippen molar-refractivity contribution in [2.24, 2.45) is 0 Å². The molecular weight excluding hydrogens is 408 g/mol. The van der Waals surface area contributed by atoms with Crippen LogP contribution in [0.25, 0.3) is 0 Å². The van der Waals surface area contributed by atoms with Gasteiger partial charge in [-0.15, -0.1) is 0 Å². The van der Waals surface area contributed by atoms with Crippen LogP contribution in [0, 0.1) is 0 Å². The van der Waals surface area contributed by atoms with Gasteiger partial charge in [0, 0.05) is 56.5 Å². The Labute approximate surface area is 190 Å². The fourth-order valence-corrected chi connectivity index (χ4v) is 5.45. The molecule has 0 aliphatic carbocycles. The first-order valence-corrected chi connectivity index (χ1v) is 11.7. The molecule has 2 aliphatic heterocycles. The van der Waals surface area contributed by atoms with Gasteiger partial charge in [0.15, 0.2) is 0 Å². The minimum atomic E-state index is -0.0450. The first-order chi connectivity index (χ1) is 15.0. The van der Waals surface area contributed by atoms with Crippen molar-refractivity contribution < 1.29 is 4.79 Å². The van der Waals surface area contributed by atoms with E-state index in [9.17, 15) is 4.79 Å². The standard InChI is InChI=1S/C25H33ClN4O/c1-18-17-29(15-16-30(18)19(2)20-7-4-3-5-8-20)21-11-13-28(14-12-21)25(31)24-22(26)9-6-10-23(24)27/h3-10,18-19,21H,11-17,27H2,1-2H3/t18-,19-/m0/s1. The largest absolute Gasteiger partial charge is 0.398 e. The highest BCUT2D eigenvalue weighted by Gasteiger charge is 2.34. The number of carbonyl (C=O) groups excluding carboxylic acids is 1. The lowest BCUT2D eigenvalue weighted by atomic mass is 9.98. The maximum atomic E-state index is 13.0. The van der Waals surface area contributed by atoms with Crippen LogP contribution in [0.5, 0.6) is 0 Å². The normalized spacial score (nSPS) is 22.4. The number of amides is 1. The molecule has 0 spiro atoms. The number of hydrogen-bond acceptors (Lipinski definition) is 4. The minimum Gasteiger partial charge on any atom is -0.398 e. The second kappa shape index (κ2) is 9.60. The van der Waals surface area contributed by atoms with Gasteiger partial charge in [0.25, 0.3) is 5.91 Å². The first-order valence-electron chi connectivity index (χ1n) is 11.3. The summed E-state index contributed by atoms with van der Waals surface area (Å²) in [4.78, 5) is 20.1. The van der Waals surface area contributed by atoms with Gasteiger partial charge in [0.2, 0.25) is 0 Å². The average molecular weight is 441 g/mol. The van der Waals surface area contributed by atoms with Crippen LogP contribution in [-0.4, -0.2) is 65.4 Å².